The van der Waals surface area contributed by atoms with Gasteiger partial charge in [0.05, 0.1) is 6.33 Å². The summed E-state index contributed by atoms with van der Waals surface area (Å²) < 4.78 is 2.03. The van der Waals surface area contributed by atoms with Gasteiger partial charge in [0.2, 0.25) is 0 Å². The number of oxime groups is 1. The van der Waals surface area contributed by atoms with Gasteiger partial charge in [0.1, 0.15) is 0 Å². The molecule has 1 aromatic carbocycles. The number of hydrogen-bond donors (Lipinski definition) is 3. The highest BCUT2D eigenvalue weighted by Gasteiger charge is 2.04. The van der Waals surface area contributed by atoms with Crippen LogP contribution in [0.25, 0.3) is 0 Å². The van der Waals surface area contributed by atoms with E-state index in [9.17, 15) is 0 Å². The van der Waals surface area contributed by atoms with Crippen LogP contribution in [0.3, 0.4) is 0 Å². The maximum atomic E-state index is 8.68. The number of nitrogens with zero attached hydrogens (tertiary/aromatic N) is 3. The molecular weight excluding hydrogens is 254 g/mol. The molecule has 0 aliphatic heterocycles. The van der Waals surface area contributed by atoms with Gasteiger partial charge in [-0.3, -0.25) is 0 Å². The largest absolute Gasteiger partial charge is 0.409 e. The molecule has 0 saturated carbocycles. The van der Waals surface area contributed by atoms with Gasteiger partial charge in [-0.15, -0.1) is 0 Å². The maximum absolute atomic E-state index is 8.68. The summed E-state index contributed by atoms with van der Waals surface area (Å²) in [7, 11) is 0. The van der Waals surface area contributed by atoms with E-state index in [1.54, 1.807) is 12.5 Å². The average Bonchev–Trinajstić information content (AvgIpc) is 2.97. The van der Waals surface area contributed by atoms with Gasteiger partial charge in [-0.05, 0) is 18.6 Å². The molecule has 20 heavy (non-hydrogen) atoms. The Labute approximate surface area is 117 Å². The summed E-state index contributed by atoms with van der Waals surface area (Å²) >= 11 is 0. The first-order chi connectivity index (χ1) is 9.69. The van der Waals surface area contributed by atoms with Crippen LogP contribution in [0.2, 0.25) is 0 Å². The van der Waals surface area contributed by atoms with Crippen molar-refractivity contribution in [2.75, 3.05) is 0 Å². The average molecular weight is 273 g/mol. The van der Waals surface area contributed by atoms with E-state index < -0.39 is 0 Å². The first kappa shape index (κ1) is 14.1. The molecule has 1 heterocycles. The number of hydrogen-bond acceptors (Lipinski definition) is 4. The minimum absolute atomic E-state index is 0.123. The highest BCUT2D eigenvalue weighted by molar-refractivity contribution is 5.97. The second-order valence-electron chi connectivity index (χ2n) is 4.73. The summed E-state index contributed by atoms with van der Waals surface area (Å²) in [6.45, 7) is 3.70. The fourth-order valence-electron chi connectivity index (χ4n) is 1.97. The molecule has 1 unspecified atom stereocenters. The maximum Gasteiger partial charge on any atom is 0.170 e. The van der Waals surface area contributed by atoms with Crippen molar-refractivity contribution in [1.29, 1.82) is 0 Å². The zero-order valence-electron chi connectivity index (χ0n) is 11.4. The number of benzene rings is 1. The van der Waals surface area contributed by atoms with Crippen LogP contribution >= 0.6 is 0 Å². The molecule has 2 aromatic rings. The Morgan fingerprint density at radius 3 is 3.10 bits per heavy atom. The lowest BCUT2D eigenvalue weighted by Crippen LogP contribution is -2.29. The normalized spacial score (nSPS) is 13.3. The van der Waals surface area contributed by atoms with E-state index in [0.717, 1.165) is 18.7 Å². The number of nitrogens with two attached hydrogens (primary N) is 1. The third-order valence-corrected chi connectivity index (χ3v) is 3.03. The number of imidazole rings is 1. The molecule has 6 nitrogen and oxygen atoms in total. The molecule has 0 radical (unpaired) electrons. The van der Waals surface area contributed by atoms with Crippen LogP contribution in [-0.4, -0.2) is 26.6 Å². The Balaban J connectivity index is 1.90. The Morgan fingerprint density at radius 1 is 1.55 bits per heavy atom. The summed E-state index contributed by atoms with van der Waals surface area (Å²) in [6.07, 6.45) is 5.52. The van der Waals surface area contributed by atoms with E-state index in [1.807, 2.05) is 35.0 Å². The zero-order valence-corrected chi connectivity index (χ0v) is 11.4. The van der Waals surface area contributed by atoms with Crippen LogP contribution < -0.4 is 11.1 Å². The molecule has 1 atom stereocenters. The summed E-state index contributed by atoms with van der Waals surface area (Å²) in [5, 5.41) is 15.1. The topological polar surface area (TPSA) is 88.5 Å². The second kappa shape index (κ2) is 6.72. The van der Waals surface area contributed by atoms with E-state index in [4.69, 9.17) is 10.9 Å². The SMILES string of the molecule is CC(Cn1ccnc1)NCc1cccc(C(N)=NO)c1. The first-order valence-corrected chi connectivity index (χ1v) is 6.45. The fourth-order valence-corrected chi connectivity index (χ4v) is 1.97. The quantitative estimate of drug-likeness (QED) is 0.319. The second-order valence-corrected chi connectivity index (χ2v) is 4.73. The van der Waals surface area contributed by atoms with E-state index >= 15 is 0 Å². The molecule has 0 spiro atoms. The molecule has 4 N–H and O–H groups in total. The standard InChI is InChI=1S/C14H19N5O/c1-11(9-19-6-5-16-10-19)17-8-12-3-2-4-13(7-12)14(15)18-20/h2-7,10-11,17,20H,8-9H2,1H3,(H2,15,18). The van der Waals surface area contributed by atoms with Crippen LogP contribution in [0.4, 0.5) is 0 Å². The van der Waals surface area contributed by atoms with E-state index in [2.05, 4.69) is 22.4 Å². The summed E-state index contributed by atoms with van der Waals surface area (Å²) in [6, 6.07) is 7.94. The van der Waals surface area contributed by atoms with Crippen molar-refractivity contribution in [1.82, 2.24) is 14.9 Å². The Morgan fingerprint density at radius 2 is 2.40 bits per heavy atom. The summed E-state index contributed by atoms with van der Waals surface area (Å²) in [5.41, 5.74) is 7.38. The van der Waals surface area contributed by atoms with Crippen molar-refractivity contribution in [3.63, 3.8) is 0 Å². The number of aromatic nitrogens is 2. The smallest absolute Gasteiger partial charge is 0.170 e. The van der Waals surface area contributed by atoms with Crippen LogP contribution in [0.15, 0.2) is 48.1 Å². The monoisotopic (exact) mass is 273 g/mol. The summed E-state index contributed by atoms with van der Waals surface area (Å²) in [4.78, 5) is 4.02. The third kappa shape index (κ3) is 3.83. The molecular formula is C14H19N5O. The lowest BCUT2D eigenvalue weighted by Gasteiger charge is -2.14. The van der Waals surface area contributed by atoms with E-state index in [-0.39, 0.29) is 5.84 Å². The third-order valence-electron chi connectivity index (χ3n) is 3.03. The molecule has 0 saturated heterocycles. The van der Waals surface area contributed by atoms with Crippen molar-refractivity contribution in [2.45, 2.75) is 26.1 Å². The van der Waals surface area contributed by atoms with E-state index in [1.165, 1.54) is 0 Å². The van der Waals surface area contributed by atoms with E-state index in [0.29, 0.717) is 11.6 Å². The van der Waals surface area contributed by atoms with Gasteiger partial charge in [0, 0.05) is 37.1 Å². The van der Waals surface area contributed by atoms with Crippen molar-refractivity contribution in [2.24, 2.45) is 10.9 Å². The predicted molar refractivity (Wildman–Crippen MR) is 77.5 cm³/mol. The minimum Gasteiger partial charge on any atom is -0.409 e. The van der Waals surface area contributed by atoms with Gasteiger partial charge >= 0.3 is 0 Å². The highest BCUT2D eigenvalue weighted by atomic mass is 16.4. The van der Waals surface area contributed by atoms with Gasteiger partial charge in [0.25, 0.3) is 0 Å². The first-order valence-electron chi connectivity index (χ1n) is 6.45. The number of amidine groups is 1. The van der Waals surface area contributed by atoms with Crippen LogP contribution in [0.1, 0.15) is 18.1 Å². The molecule has 6 heteroatoms. The van der Waals surface area contributed by atoms with Crippen LogP contribution in [0, 0.1) is 0 Å². The van der Waals surface area contributed by atoms with Crippen LogP contribution in [0.5, 0.6) is 0 Å². The molecule has 1 aromatic heterocycles. The Kier molecular flexibility index (Phi) is 4.73. The van der Waals surface area contributed by atoms with Crippen molar-refractivity contribution >= 4 is 5.84 Å². The van der Waals surface area contributed by atoms with Gasteiger partial charge in [0.15, 0.2) is 5.84 Å². The van der Waals surface area contributed by atoms with Crippen molar-refractivity contribution in [3.8, 4) is 0 Å². The minimum atomic E-state index is 0.123. The molecule has 0 bridgehead atoms. The van der Waals surface area contributed by atoms with Gasteiger partial charge in [-0.25, -0.2) is 4.98 Å². The molecule has 0 aliphatic rings. The van der Waals surface area contributed by atoms with Crippen molar-refractivity contribution < 1.29 is 5.21 Å². The fraction of sp³-hybridized carbons (Fsp3) is 0.286. The molecule has 106 valence electrons. The van der Waals surface area contributed by atoms with Crippen LogP contribution in [-0.2, 0) is 13.1 Å². The van der Waals surface area contributed by atoms with Gasteiger partial charge < -0.3 is 20.8 Å². The highest BCUT2D eigenvalue weighted by Crippen LogP contribution is 2.05. The molecule has 0 fully saturated rings. The zero-order chi connectivity index (χ0) is 14.4. The number of nitrogens with one attached hydrogen (secondary N) is 1. The molecule has 2 rings (SSSR count). The summed E-state index contributed by atoms with van der Waals surface area (Å²) in [5.74, 6) is 0.123. The van der Waals surface area contributed by atoms with Crippen molar-refractivity contribution in [3.05, 3.63) is 54.1 Å². The number of rotatable bonds is 6. The lowest BCUT2D eigenvalue weighted by atomic mass is 10.1. The van der Waals surface area contributed by atoms with Gasteiger partial charge in [-0.2, -0.15) is 0 Å². The Bertz CT molecular complexity index is 565. The van der Waals surface area contributed by atoms with Gasteiger partial charge in [-0.1, -0.05) is 23.4 Å². The molecule has 0 amide bonds. The predicted octanol–water partition coefficient (Wildman–Crippen LogP) is 1.16. The lowest BCUT2D eigenvalue weighted by molar-refractivity contribution is 0.318. The molecule has 0 aliphatic carbocycles. The Hall–Kier alpha value is -2.34.